The summed E-state index contributed by atoms with van der Waals surface area (Å²) < 4.78 is 0. The molecule has 0 aromatic heterocycles. The van der Waals surface area contributed by atoms with Gasteiger partial charge in [-0.15, -0.1) is 24.0 Å². The van der Waals surface area contributed by atoms with Gasteiger partial charge in [-0.05, 0) is 0 Å². The predicted molar refractivity (Wildman–Crippen MR) is 66.2 cm³/mol. The van der Waals surface area contributed by atoms with Crippen molar-refractivity contribution in [3.05, 3.63) is 0 Å². The lowest BCUT2D eigenvalue weighted by atomic mass is 11.0. The van der Waals surface area contributed by atoms with Crippen LogP contribution in [0.15, 0.2) is 0 Å². The quantitative estimate of drug-likeness (QED) is 0.487. The first-order valence-corrected chi connectivity index (χ1v) is 8.43. The van der Waals surface area contributed by atoms with Gasteiger partial charge in [-0.1, -0.05) is 27.7 Å². The molecule has 0 aromatic rings. The van der Waals surface area contributed by atoms with Gasteiger partial charge in [-0.25, -0.2) is 0 Å². The SMILES string of the molecule is CC.CC.I.II. The molecule has 7 heavy (non-hydrogen) atoms. The molecular formula is C4H13I3. The van der Waals surface area contributed by atoms with Crippen molar-refractivity contribution in [1.82, 2.24) is 0 Å². The molecule has 0 aliphatic heterocycles. The lowest BCUT2D eigenvalue weighted by molar-refractivity contribution is 1.50. The van der Waals surface area contributed by atoms with Gasteiger partial charge in [-0.2, -0.15) is 0 Å². The van der Waals surface area contributed by atoms with Crippen molar-refractivity contribution < 1.29 is 0 Å². The summed E-state index contributed by atoms with van der Waals surface area (Å²) in [7, 11) is 0. The minimum Gasteiger partial charge on any atom is -0.107 e. The van der Waals surface area contributed by atoms with Crippen molar-refractivity contribution in [3.8, 4) is 0 Å². The normalized spacial score (nSPS) is 2.57. The third kappa shape index (κ3) is 65.4. The number of hydrogen-bond donors (Lipinski definition) is 0. The minimum atomic E-state index is 0. The molecule has 0 aliphatic rings. The van der Waals surface area contributed by atoms with E-state index in [0.29, 0.717) is 0 Å². The van der Waals surface area contributed by atoms with Crippen molar-refractivity contribution in [2.24, 2.45) is 0 Å². The fraction of sp³-hybridized carbons (Fsp3) is 1.00. The average Bonchev–Trinajstić information content (AvgIpc) is 1.81. The smallest absolute Gasteiger partial charge is 0 e. The Morgan fingerprint density at radius 3 is 0.714 bits per heavy atom. The molecule has 0 atom stereocenters. The van der Waals surface area contributed by atoms with Gasteiger partial charge in [0, 0.05) is 37.2 Å². The maximum atomic E-state index is 2.12. The highest BCUT2D eigenvalue weighted by atomic mass is 128. The van der Waals surface area contributed by atoms with Gasteiger partial charge in [0.15, 0.2) is 0 Å². The van der Waals surface area contributed by atoms with E-state index in [-0.39, 0.29) is 24.0 Å². The molecule has 0 aliphatic carbocycles. The molecule has 0 heterocycles. The molecule has 0 spiro atoms. The molecule has 0 N–H and O–H groups in total. The van der Waals surface area contributed by atoms with E-state index in [1.165, 1.54) is 0 Å². The largest absolute Gasteiger partial charge is 0.107 e. The first kappa shape index (κ1) is 22.9. The van der Waals surface area contributed by atoms with Gasteiger partial charge < -0.3 is 0 Å². The van der Waals surface area contributed by atoms with Crippen LogP contribution in [0.3, 0.4) is 0 Å². The second-order valence-corrected chi connectivity index (χ2v) is 0. The zero-order valence-electron chi connectivity index (χ0n) is 5.16. The first-order valence-electron chi connectivity index (χ1n) is 2.14. The van der Waals surface area contributed by atoms with Crippen molar-refractivity contribution in [2.45, 2.75) is 27.7 Å². The second-order valence-electron chi connectivity index (χ2n) is 0. The Balaban J connectivity index is -0.00000000900. The summed E-state index contributed by atoms with van der Waals surface area (Å²) in [6.45, 7) is 8.00. The molecule has 0 nitrogen and oxygen atoms in total. The molecule has 0 amide bonds. The van der Waals surface area contributed by atoms with Crippen LogP contribution in [0.25, 0.3) is 0 Å². The van der Waals surface area contributed by atoms with E-state index in [4.69, 9.17) is 0 Å². The van der Waals surface area contributed by atoms with E-state index < -0.39 is 0 Å². The molecule has 0 rings (SSSR count). The topological polar surface area (TPSA) is 0 Å². The van der Waals surface area contributed by atoms with Crippen LogP contribution in [-0.2, 0) is 0 Å². The highest BCUT2D eigenvalue weighted by Crippen LogP contribution is 1.89. The lowest BCUT2D eigenvalue weighted by Gasteiger charge is -1.07. The lowest BCUT2D eigenvalue weighted by Crippen LogP contribution is -0.856. The summed E-state index contributed by atoms with van der Waals surface area (Å²) in [6, 6.07) is 0. The number of rotatable bonds is 0. The van der Waals surface area contributed by atoms with E-state index in [0.717, 1.165) is 0 Å². The monoisotopic (exact) mass is 442 g/mol. The Morgan fingerprint density at radius 1 is 0.714 bits per heavy atom. The zero-order valence-corrected chi connectivity index (χ0v) is 11.8. The Kier molecular flexibility index (Phi) is 289. The minimum absolute atomic E-state index is 0. The molecule has 3 heteroatoms. The van der Waals surface area contributed by atoms with E-state index >= 15 is 0 Å². The Labute approximate surface area is 87.5 Å². The van der Waals surface area contributed by atoms with Crippen LogP contribution in [-0.4, -0.2) is 0 Å². The van der Waals surface area contributed by atoms with Crippen LogP contribution in [0.2, 0.25) is 0 Å². The summed E-state index contributed by atoms with van der Waals surface area (Å²) in [4.78, 5) is 0. The van der Waals surface area contributed by atoms with Gasteiger partial charge in [0.25, 0.3) is 0 Å². The van der Waals surface area contributed by atoms with Gasteiger partial charge in [0.1, 0.15) is 0 Å². The van der Waals surface area contributed by atoms with Crippen LogP contribution < -0.4 is 0 Å². The van der Waals surface area contributed by atoms with Crippen LogP contribution in [0.5, 0.6) is 0 Å². The number of halogens is 3. The third-order valence-electron chi connectivity index (χ3n) is 0. The van der Waals surface area contributed by atoms with Crippen molar-refractivity contribution in [3.63, 3.8) is 0 Å². The van der Waals surface area contributed by atoms with Gasteiger partial charge in [0.05, 0.1) is 0 Å². The summed E-state index contributed by atoms with van der Waals surface area (Å²) in [5, 5.41) is 0. The summed E-state index contributed by atoms with van der Waals surface area (Å²) in [5.74, 6) is 0. The highest BCUT2D eigenvalue weighted by Gasteiger charge is 1.00. The van der Waals surface area contributed by atoms with Gasteiger partial charge >= 0.3 is 0 Å². The second kappa shape index (κ2) is 88.3. The van der Waals surface area contributed by atoms with E-state index in [1.54, 1.807) is 0 Å². The number of hydrogen-bond acceptors (Lipinski definition) is 0. The van der Waals surface area contributed by atoms with Crippen LogP contribution >= 0.6 is 61.2 Å². The fourth-order valence-corrected chi connectivity index (χ4v) is 0. The molecule has 0 bridgehead atoms. The molecule has 0 unspecified atom stereocenters. The maximum absolute atomic E-state index is 2.12. The van der Waals surface area contributed by atoms with Crippen LogP contribution in [0.4, 0.5) is 0 Å². The molecule has 0 saturated heterocycles. The maximum Gasteiger partial charge on any atom is 0 e. The fourth-order valence-electron chi connectivity index (χ4n) is 0. The van der Waals surface area contributed by atoms with Gasteiger partial charge in [-0.3, -0.25) is 0 Å². The highest BCUT2D eigenvalue weighted by molar-refractivity contribution is 15.0. The molecule has 0 radical (unpaired) electrons. The third-order valence-corrected chi connectivity index (χ3v) is 0. The molecular weight excluding hydrogens is 429 g/mol. The van der Waals surface area contributed by atoms with Crippen molar-refractivity contribution in [2.75, 3.05) is 0 Å². The van der Waals surface area contributed by atoms with Crippen LogP contribution in [0.1, 0.15) is 27.7 Å². The molecule has 0 saturated carbocycles. The summed E-state index contributed by atoms with van der Waals surface area (Å²) in [6.07, 6.45) is 0. The summed E-state index contributed by atoms with van der Waals surface area (Å²) >= 11 is 4.24. The molecule has 0 aromatic carbocycles. The Hall–Kier alpha value is 2.19. The zero-order chi connectivity index (χ0) is 6.00. The Bertz CT molecular complexity index is 6.90. The Morgan fingerprint density at radius 2 is 0.714 bits per heavy atom. The summed E-state index contributed by atoms with van der Waals surface area (Å²) in [5.41, 5.74) is 0. The van der Waals surface area contributed by atoms with E-state index in [1.807, 2.05) is 27.7 Å². The van der Waals surface area contributed by atoms with E-state index in [9.17, 15) is 0 Å². The van der Waals surface area contributed by atoms with Crippen molar-refractivity contribution in [1.29, 1.82) is 0 Å². The first-order chi connectivity index (χ1) is 3.00. The molecule has 50 valence electrons. The standard InChI is InChI=1S/2C2H6.I2.HI/c3*1-2;/h2*1-2H3;;1H. The van der Waals surface area contributed by atoms with Crippen molar-refractivity contribution >= 4 is 61.2 Å². The van der Waals surface area contributed by atoms with E-state index in [2.05, 4.69) is 37.2 Å². The van der Waals surface area contributed by atoms with Gasteiger partial charge in [0.2, 0.25) is 0 Å². The predicted octanol–water partition coefficient (Wildman–Crippen LogP) is 4.44. The van der Waals surface area contributed by atoms with Crippen LogP contribution in [0, 0.1) is 0 Å². The molecule has 0 fully saturated rings. The average molecular weight is 442 g/mol.